The molecular weight excluding hydrogens is 362 g/mol. The van der Waals surface area contributed by atoms with Crippen molar-refractivity contribution in [2.24, 2.45) is 0 Å². The summed E-state index contributed by atoms with van der Waals surface area (Å²) in [5.41, 5.74) is 2.02. The highest BCUT2D eigenvalue weighted by molar-refractivity contribution is 6.28. The van der Waals surface area contributed by atoms with Crippen molar-refractivity contribution in [3.63, 3.8) is 0 Å². The molecule has 1 N–H and O–H groups in total. The first-order chi connectivity index (χ1) is 14.2. The van der Waals surface area contributed by atoms with Crippen LogP contribution in [0.1, 0.15) is 15.9 Å². The third-order valence-corrected chi connectivity index (χ3v) is 4.20. The molecule has 0 spiro atoms. The van der Waals surface area contributed by atoms with E-state index in [9.17, 15) is 9.59 Å². The number of ether oxygens (including phenoxy) is 1. The normalized spacial score (nSPS) is 11.3. The van der Waals surface area contributed by atoms with Gasteiger partial charge in [0, 0.05) is 17.3 Å². The van der Waals surface area contributed by atoms with Crippen molar-refractivity contribution in [3.8, 4) is 5.75 Å². The number of amides is 1. The van der Waals surface area contributed by atoms with Gasteiger partial charge in [0.2, 0.25) is 0 Å². The largest absolute Gasteiger partial charge is 0.497 e. The third kappa shape index (κ3) is 5.53. The summed E-state index contributed by atoms with van der Waals surface area (Å²) in [4.78, 5) is 25.8. The first-order valence-corrected chi connectivity index (χ1v) is 9.16. The molecule has 1 amide bonds. The van der Waals surface area contributed by atoms with Gasteiger partial charge in [0.1, 0.15) is 5.75 Å². The maximum absolute atomic E-state index is 13.0. The van der Waals surface area contributed by atoms with Crippen LogP contribution in [0, 0.1) is 0 Å². The molecule has 0 saturated carbocycles. The molecule has 0 radical (unpaired) electrons. The molecule has 0 saturated heterocycles. The van der Waals surface area contributed by atoms with Crippen molar-refractivity contribution >= 4 is 23.5 Å². The van der Waals surface area contributed by atoms with Crippen LogP contribution in [0.25, 0.3) is 6.08 Å². The number of ketones is 1. The number of carbonyl (C=O) groups excluding carboxylic acids is 2. The van der Waals surface area contributed by atoms with E-state index in [2.05, 4.69) is 5.32 Å². The highest BCUT2D eigenvalue weighted by Crippen LogP contribution is 2.18. The zero-order valence-corrected chi connectivity index (χ0v) is 16.0. The minimum absolute atomic E-state index is 0.0474. The summed E-state index contributed by atoms with van der Waals surface area (Å²) in [5.74, 6) is -0.208. The van der Waals surface area contributed by atoms with E-state index in [0.717, 1.165) is 5.56 Å². The molecular formula is C25H21NO3. The van der Waals surface area contributed by atoms with Gasteiger partial charge >= 0.3 is 0 Å². The number of carbonyl (C=O) groups is 2. The topological polar surface area (TPSA) is 55.4 Å². The Bertz CT molecular complexity index is 1040. The van der Waals surface area contributed by atoms with Gasteiger partial charge in [0.25, 0.3) is 5.91 Å². The Hall–Kier alpha value is -3.92. The van der Waals surface area contributed by atoms with Crippen LogP contribution < -0.4 is 10.1 Å². The van der Waals surface area contributed by atoms with Gasteiger partial charge in [0.05, 0.1) is 12.7 Å². The van der Waals surface area contributed by atoms with Crippen molar-refractivity contribution in [1.82, 2.24) is 0 Å². The summed E-state index contributed by atoms with van der Waals surface area (Å²) in [7, 11) is 1.56. The van der Waals surface area contributed by atoms with Gasteiger partial charge in [0.15, 0.2) is 5.78 Å². The van der Waals surface area contributed by atoms with Gasteiger partial charge < -0.3 is 10.1 Å². The second-order valence-corrected chi connectivity index (χ2v) is 6.23. The van der Waals surface area contributed by atoms with Crippen molar-refractivity contribution in [2.75, 3.05) is 12.4 Å². The molecule has 144 valence electrons. The predicted molar refractivity (Wildman–Crippen MR) is 116 cm³/mol. The molecule has 0 aliphatic carbocycles. The summed E-state index contributed by atoms with van der Waals surface area (Å²) in [6.07, 6.45) is 5.09. The molecule has 0 unspecified atom stereocenters. The van der Waals surface area contributed by atoms with E-state index in [1.807, 2.05) is 42.5 Å². The molecule has 29 heavy (non-hydrogen) atoms. The second kappa shape index (κ2) is 9.85. The summed E-state index contributed by atoms with van der Waals surface area (Å²) in [6, 6.07) is 25.4. The number of benzene rings is 3. The van der Waals surface area contributed by atoms with E-state index in [1.165, 1.54) is 6.08 Å². The quantitative estimate of drug-likeness (QED) is 0.202. The fraction of sp³-hybridized carbons (Fsp3) is 0.0400. The van der Waals surface area contributed by atoms with Gasteiger partial charge in [-0.25, -0.2) is 0 Å². The monoisotopic (exact) mass is 383 g/mol. The van der Waals surface area contributed by atoms with Gasteiger partial charge in [-0.3, -0.25) is 9.59 Å². The lowest BCUT2D eigenvalue weighted by Gasteiger charge is -2.09. The van der Waals surface area contributed by atoms with Crippen molar-refractivity contribution < 1.29 is 14.3 Å². The SMILES string of the molecule is COc1cccc(NC(=O)/C(=C\C=C\c2ccccc2)C(=O)c2ccccc2)c1. The summed E-state index contributed by atoms with van der Waals surface area (Å²) >= 11 is 0. The molecule has 0 fully saturated rings. The summed E-state index contributed by atoms with van der Waals surface area (Å²) < 4.78 is 5.18. The number of rotatable bonds is 7. The van der Waals surface area contributed by atoms with Crippen LogP contribution in [0.3, 0.4) is 0 Å². The Labute approximate surface area is 170 Å². The van der Waals surface area contributed by atoms with E-state index in [4.69, 9.17) is 4.74 Å². The molecule has 0 heterocycles. The Morgan fingerprint density at radius 2 is 1.55 bits per heavy atom. The number of hydrogen-bond donors (Lipinski definition) is 1. The van der Waals surface area contributed by atoms with Gasteiger partial charge in [-0.05, 0) is 23.8 Å². The standard InChI is InChI=1S/C25H21NO3/c1-29-22-16-9-15-21(18-22)26-25(28)23(24(27)20-13-6-3-7-14-20)17-8-12-19-10-4-2-5-11-19/h2-18H,1H3,(H,26,28)/b12-8+,23-17-. The zero-order chi connectivity index (χ0) is 20.5. The molecule has 0 aliphatic rings. The molecule has 3 aromatic rings. The van der Waals surface area contributed by atoms with E-state index >= 15 is 0 Å². The predicted octanol–water partition coefficient (Wildman–Crippen LogP) is 5.16. The molecule has 3 rings (SSSR count). The van der Waals surface area contributed by atoms with Gasteiger partial charge in [-0.15, -0.1) is 0 Å². The number of hydrogen-bond acceptors (Lipinski definition) is 3. The smallest absolute Gasteiger partial charge is 0.259 e. The van der Waals surface area contributed by atoms with E-state index in [1.54, 1.807) is 61.7 Å². The number of allylic oxidation sites excluding steroid dienone is 2. The van der Waals surface area contributed by atoms with Crippen LogP contribution in [-0.4, -0.2) is 18.8 Å². The average Bonchev–Trinajstić information content (AvgIpc) is 2.77. The Morgan fingerprint density at radius 3 is 2.24 bits per heavy atom. The highest BCUT2D eigenvalue weighted by atomic mass is 16.5. The Morgan fingerprint density at radius 1 is 0.862 bits per heavy atom. The fourth-order valence-electron chi connectivity index (χ4n) is 2.72. The fourth-order valence-corrected chi connectivity index (χ4v) is 2.72. The highest BCUT2D eigenvalue weighted by Gasteiger charge is 2.19. The maximum Gasteiger partial charge on any atom is 0.259 e. The van der Waals surface area contributed by atoms with E-state index in [-0.39, 0.29) is 11.4 Å². The molecule has 4 heteroatoms. The molecule has 0 aromatic heterocycles. The minimum atomic E-state index is -0.482. The van der Waals surface area contributed by atoms with Crippen molar-refractivity contribution in [3.05, 3.63) is 114 Å². The van der Waals surface area contributed by atoms with Gasteiger partial charge in [-0.1, -0.05) is 78.9 Å². The number of nitrogens with one attached hydrogen (secondary N) is 1. The van der Waals surface area contributed by atoms with Gasteiger partial charge in [-0.2, -0.15) is 0 Å². The van der Waals surface area contributed by atoms with E-state index in [0.29, 0.717) is 17.0 Å². The molecule has 3 aromatic carbocycles. The lowest BCUT2D eigenvalue weighted by molar-refractivity contribution is -0.112. The lowest BCUT2D eigenvalue weighted by Crippen LogP contribution is -2.20. The summed E-state index contributed by atoms with van der Waals surface area (Å²) in [6.45, 7) is 0. The summed E-state index contributed by atoms with van der Waals surface area (Å²) in [5, 5.41) is 2.77. The Kier molecular flexibility index (Phi) is 6.74. The Balaban J connectivity index is 1.88. The lowest BCUT2D eigenvalue weighted by atomic mass is 10.0. The molecule has 0 atom stereocenters. The minimum Gasteiger partial charge on any atom is -0.497 e. The van der Waals surface area contributed by atoms with Crippen LogP contribution in [0.2, 0.25) is 0 Å². The molecule has 4 nitrogen and oxygen atoms in total. The molecule has 0 aliphatic heterocycles. The van der Waals surface area contributed by atoms with Crippen molar-refractivity contribution in [1.29, 1.82) is 0 Å². The number of anilines is 1. The number of methoxy groups -OCH3 is 1. The first kappa shape index (κ1) is 19.8. The van der Waals surface area contributed by atoms with Crippen LogP contribution >= 0.6 is 0 Å². The maximum atomic E-state index is 13.0. The first-order valence-electron chi connectivity index (χ1n) is 9.16. The second-order valence-electron chi connectivity index (χ2n) is 6.23. The third-order valence-electron chi connectivity index (χ3n) is 4.20. The van der Waals surface area contributed by atoms with Crippen LogP contribution in [0.5, 0.6) is 5.75 Å². The van der Waals surface area contributed by atoms with E-state index < -0.39 is 5.91 Å². The van der Waals surface area contributed by atoms with Crippen LogP contribution in [-0.2, 0) is 4.79 Å². The molecule has 0 bridgehead atoms. The average molecular weight is 383 g/mol. The number of Topliss-reactive ketones (excluding diaryl/α,β-unsaturated/α-hetero) is 1. The van der Waals surface area contributed by atoms with Crippen LogP contribution in [0.4, 0.5) is 5.69 Å². The van der Waals surface area contributed by atoms with Crippen molar-refractivity contribution in [2.45, 2.75) is 0 Å². The zero-order valence-electron chi connectivity index (χ0n) is 16.0. The van der Waals surface area contributed by atoms with Crippen LogP contribution in [0.15, 0.2) is 103 Å².